The van der Waals surface area contributed by atoms with Gasteiger partial charge in [0.2, 0.25) is 0 Å². The van der Waals surface area contributed by atoms with Crippen molar-refractivity contribution < 1.29 is 9.90 Å². The molecular weight excluding hydrogens is 202 g/mol. The molecule has 1 aliphatic rings. The average molecular weight is 227 g/mol. The lowest BCUT2D eigenvalue weighted by atomic mass is 10.1. The number of carboxylic acids is 1. The second-order valence-corrected chi connectivity index (χ2v) is 4.93. The molecule has 1 aliphatic heterocycles. The Hall–Kier alpha value is -0.570. The highest BCUT2D eigenvalue weighted by molar-refractivity contribution is 5.73. The van der Waals surface area contributed by atoms with Crippen LogP contribution in [0.5, 0.6) is 0 Å². The molecular formula is C13H25NO2. The molecule has 0 radical (unpaired) electrons. The van der Waals surface area contributed by atoms with Gasteiger partial charge in [-0.2, -0.15) is 0 Å². The molecule has 0 amide bonds. The molecule has 1 saturated heterocycles. The van der Waals surface area contributed by atoms with Crippen LogP contribution in [0.2, 0.25) is 0 Å². The van der Waals surface area contributed by atoms with Crippen molar-refractivity contribution in [3.05, 3.63) is 0 Å². The predicted molar refractivity (Wildman–Crippen MR) is 65.6 cm³/mol. The van der Waals surface area contributed by atoms with Crippen LogP contribution < -0.4 is 0 Å². The van der Waals surface area contributed by atoms with Gasteiger partial charge in [0.25, 0.3) is 0 Å². The maximum atomic E-state index is 11.1. The highest BCUT2D eigenvalue weighted by atomic mass is 16.4. The van der Waals surface area contributed by atoms with Crippen LogP contribution in [-0.2, 0) is 4.79 Å². The maximum absolute atomic E-state index is 11.1. The monoisotopic (exact) mass is 227 g/mol. The first-order valence-electron chi connectivity index (χ1n) is 6.65. The molecule has 0 saturated carbocycles. The Labute approximate surface area is 98.8 Å². The minimum Gasteiger partial charge on any atom is -0.480 e. The number of aliphatic carboxylic acids is 1. The average Bonchev–Trinajstić information content (AvgIpc) is 2.73. The first-order valence-corrected chi connectivity index (χ1v) is 6.65. The Balaban J connectivity index is 2.29. The summed E-state index contributed by atoms with van der Waals surface area (Å²) in [6.45, 7) is 5.35. The van der Waals surface area contributed by atoms with E-state index in [9.17, 15) is 4.79 Å². The van der Waals surface area contributed by atoms with Crippen LogP contribution in [0.4, 0.5) is 0 Å². The van der Waals surface area contributed by atoms with Gasteiger partial charge in [0, 0.05) is 6.04 Å². The number of likely N-dealkylation sites (tertiary alicyclic amines) is 1. The summed E-state index contributed by atoms with van der Waals surface area (Å²) in [6.07, 6.45) is 8.09. The summed E-state index contributed by atoms with van der Waals surface area (Å²) < 4.78 is 0. The second-order valence-electron chi connectivity index (χ2n) is 4.93. The molecule has 0 spiro atoms. The normalized spacial score (nSPS) is 23.5. The van der Waals surface area contributed by atoms with Gasteiger partial charge in [-0.1, -0.05) is 32.6 Å². The summed E-state index contributed by atoms with van der Waals surface area (Å²) in [5.74, 6) is -0.641. The van der Waals surface area contributed by atoms with Crippen molar-refractivity contribution in [3.8, 4) is 0 Å². The zero-order chi connectivity index (χ0) is 12.0. The van der Waals surface area contributed by atoms with Crippen molar-refractivity contribution in [1.29, 1.82) is 0 Å². The smallest absolute Gasteiger partial charge is 0.320 e. The van der Waals surface area contributed by atoms with Crippen LogP contribution in [0.15, 0.2) is 0 Å². The van der Waals surface area contributed by atoms with E-state index in [2.05, 4.69) is 18.7 Å². The minimum atomic E-state index is -0.641. The quantitative estimate of drug-likeness (QED) is 0.680. The molecule has 3 heteroatoms. The Kier molecular flexibility index (Phi) is 5.81. The molecule has 0 aromatic heterocycles. The van der Waals surface area contributed by atoms with Crippen LogP contribution >= 0.6 is 0 Å². The number of hydrogen-bond acceptors (Lipinski definition) is 2. The molecule has 2 atom stereocenters. The number of nitrogens with zero attached hydrogens (tertiary/aromatic N) is 1. The topological polar surface area (TPSA) is 40.5 Å². The van der Waals surface area contributed by atoms with E-state index in [4.69, 9.17) is 5.11 Å². The van der Waals surface area contributed by atoms with Crippen LogP contribution in [0.25, 0.3) is 0 Å². The van der Waals surface area contributed by atoms with E-state index in [1.165, 1.54) is 25.7 Å². The van der Waals surface area contributed by atoms with E-state index in [0.717, 1.165) is 25.8 Å². The highest BCUT2D eigenvalue weighted by Crippen LogP contribution is 2.22. The van der Waals surface area contributed by atoms with Gasteiger partial charge in [-0.15, -0.1) is 0 Å². The third-order valence-corrected chi connectivity index (χ3v) is 3.62. The Bertz CT molecular complexity index is 218. The first-order chi connectivity index (χ1) is 7.66. The van der Waals surface area contributed by atoms with Crippen molar-refractivity contribution in [2.75, 3.05) is 6.54 Å². The third kappa shape index (κ3) is 3.78. The fourth-order valence-electron chi connectivity index (χ4n) is 2.61. The van der Waals surface area contributed by atoms with E-state index in [1.54, 1.807) is 0 Å². The van der Waals surface area contributed by atoms with Crippen LogP contribution in [-0.4, -0.2) is 34.6 Å². The standard InChI is InChI=1S/C13H25NO2/c1-3-4-5-6-8-11(2)14-10-7-9-12(14)13(15)16/h11-12H,3-10H2,1-2H3,(H,15,16). The van der Waals surface area contributed by atoms with Crippen LogP contribution in [0, 0.1) is 0 Å². The molecule has 0 aliphatic carbocycles. The molecule has 1 rings (SSSR count). The summed E-state index contributed by atoms with van der Waals surface area (Å²) in [5, 5.41) is 9.10. The molecule has 0 aromatic carbocycles. The van der Waals surface area contributed by atoms with Gasteiger partial charge in [-0.3, -0.25) is 9.69 Å². The van der Waals surface area contributed by atoms with E-state index in [0.29, 0.717) is 6.04 Å². The SMILES string of the molecule is CCCCCCC(C)N1CCCC1C(=O)O. The lowest BCUT2D eigenvalue weighted by molar-refractivity contribution is -0.142. The molecule has 16 heavy (non-hydrogen) atoms. The van der Waals surface area contributed by atoms with Gasteiger partial charge in [0.1, 0.15) is 6.04 Å². The van der Waals surface area contributed by atoms with Crippen molar-refractivity contribution >= 4 is 5.97 Å². The van der Waals surface area contributed by atoms with E-state index >= 15 is 0 Å². The summed E-state index contributed by atoms with van der Waals surface area (Å²) in [7, 11) is 0. The third-order valence-electron chi connectivity index (χ3n) is 3.62. The summed E-state index contributed by atoms with van der Waals surface area (Å²) in [4.78, 5) is 13.2. The largest absolute Gasteiger partial charge is 0.480 e. The van der Waals surface area contributed by atoms with E-state index in [1.807, 2.05) is 0 Å². The lowest BCUT2D eigenvalue weighted by Gasteiger charge is -2.28. The zero-order valence-corrected chi connectivity index (χ0v) is 10.6. The summed E-state index contributed by atoms with van der Waals surface area (Å²) in [5.41, 5.74) is 0. The summed E-state index contributed by atoms with van der Waals surface area (Å²) in [6, 6.07) is 0.210. The molecule has 94 valence electrons. The van der Waals surface area contributed by atoms with Gasteiger partial charge >= 0.3 is 5.97 Å². The molecule has 3 nitrogen and oxygen atoms in total. The molecule has 1 N–H and O–H groups in total. The maximum Gasteiger partial charge on any atom is 0.320 e. The Morgan fingerprint density at radius 2 is 2.19 bits per heavy atom. The molecule has 2 unspecified atom stereocenters. The van der Waals surface area contributed by atoms with E-state index in [-0.39, 0.29) is 6.04 Å². The Morgan fingerprint density at radius 1 is 1.44 bits per heavy atom. The van der Waals surface area contributed by atoms with Crippen molar-refractivity contribution in [2.24, 2.45) is 0 Å². The molecule has 1 fully saturated rings. The molecule has 1 heterocycles. The fourth-order valence-corrected chi connectivity index (χ4v) is 2.61. The van der Waals surface area contributed by atoms with Gasteiger partial charge in [-0.05, 0) is 32.7 Å². The lowest BCUT2D eigenvalue weighted by Crippen LogP contribution is -2.41. The van der Waals surface area contributed by atoms with Crippen LogP contribution in [0.3, 0.4) is 0 Å². The number of hydrogen-bond donors (Lipinski definition) is 1. The second kappa shape index (κ2) is 6.89. The van der Waals surface area contributed by atoms with Crippen molar-refractivity contribution in [2.45, 2.75) is 70.9 Å². The van der Waals surface area contributed by atoms with Crippen molar-refractivity contribution in [3.63, 3.8) is 0 Å². The predicted octanol–water partition coefficient (Wildman–Crippen LogP) is 2.89. The first kappa shape index (κ1) is 13.5. The van der Waals surface area contributed by atoms with Crippen molar-refractivity contribution in [1.82, 2.24) is 4.90 Å². The number of carboxylic acid groups (broad SMARTS) is 1. The minimum absolute atomic E-state index is 0.221. The Morgan fingerprint density at radius 3 is 2.81 bits per heavy atom. The number of carbonyl (C=O) groups is 1. The van der Waals surface area contributed by atoms with Gasteiger partial charge in [0.15, 0.2) is 0 Å². The van der Waals surface area contributed by atoms with E-state index < -0.39 is 5.97 Å². The van der Waals surface area contributed by atoms with Gasteiger partial charge in [-0.25, -0.2) is 0 Å². The van der Waals surface area contributed by atoms with Gasteiger partial charge < -0.3 is 5.11 Å². The summed E-state index contributed by atoms with van der Waals surface area (Å²) >= 11 is 0. The number of rotatable bonds is 7. The fraction of sp³-hybridized carbons (Fsp3) is 0.923. The van der Waals surface area contributed by atoms with Gasteiger partial charge in [0.05, 0.1) is 0 Å². The number of unbranched alkanes of at least 4 members (excludes halogenated alkanes) is 3. The zero-order valence-electron chi connectivity index (χ0n) is 10.6. The molecule has 0 aromatic rings. The van der Waals surface area contributed by atoms with Crippen LogP contribution in [0.1, 0.15) is 58.8 Å². The highest BCUT2D eigenvalue weighted by Gasteiger charge is 2.32. The molecule has 0 bridgehead atoms.